The fraction of sp³-hybridized carbons (Fsp3) is 0.500. The molecule has 2 N–H and O–H groups in total. The molecule has 77 valence electrons. The molecule has 1 radical (unpaired) electrons. The molecule has 0 aromatic heterocycles. The molecule has 0 saturated carbocycles. The van der Waals surface area contributed by atoms with Crippen molar-refractivity contribution in [3.8, 4) is 0 Å². The Hall–Kier alpha value is -0.860. The van der Waals surface area contributed by atoms with Gasteiger partial charge in [-0.05, 0) is 57.0 Å². The van der Waals surface area contributed by atoms with Crippen molar-refractivity contribution in [1.82, 2.24) is 0 Å². The van der Waals surface area contributed by atoms with Gasteiger partial charge in [0.05, 0.1) is 11.2 Å². The van der Waals surface area contributed by atoms with E-state index in [-0.39, 0.29) is 0 Å². The van der Waals surface area contributed by atoms with Gasteiger partial charge in [-0.3, -0.25) is 0 Å². The Balaban J connectivity index is 3.15. The summed E-state index contributed by atoms with van der Waals surface area (Å²) in [5.74, 6) is 0. The maximum absolute atomic E-state index is 9.78. The van der Waals surface area contributed by atoms with E-state index < -0.39 is 11.2 Å². The van der Waals surface area contributed by atoms with Crippen molar-refractivity contribution in [3.05, 3.63) is 35.4 Å². The maximum Gasteiger partial charge on any atom is 0.0840 e. The Bertz CT molecular complexity index is 287. The first-order valence-electron chi connectivity index (χ1n) is 4.68. The highest BCUT2D eigenvalue weighted by Gasteiger charge is 2.20. The number of hydrogen-bond donors (Lipinski definition) is 2. The molecule has 2 heteroatoms. The Morgan fingerprint density at radius 1 is 0.929 bits per heavy atom. The van der Waals surface area contributed by atoms with E-state index in [1.807, 2.05) is 0 Å². The highest BCUT2D eigenvalue weighted by Crippen LogP contribution is 2.25. The zero-order chi connectivity index (χ0) is 11.0. The molecule has 2 nitrogen and oxygen atoms in total. The molecule has 0 atom stereocenters. The normalized spacial score (nSPS) is 13.0. The molecule has 0 aliphatic rings. The SMILES string of the molecule is CC(C)(O)c1c[c]cc(C(C)(C)O)c1. The van der Waals surface area contributed by atoms with E-state index in [2.05, 4.69) is 6.07 Å². The third kappa shape index (κ3) is 2.56. The summed E-state index contributed by atoms with van der Waals surface area (Å²) in [5.41, 5.74) is -0.260. The molecule has 0 spiro atoms. The van der Waals surface area contributed by atoms with Gasteiger partial charge in [0.1, 0.15) is 0 Å². The Labute approximate surface area is 85.2 Å². The van der Waals surface area contributed by atoms with Gasteiger partial charge in [0, 0.05) is 0 Å². The summed E-state index contributed by atoms with van der Waals surface area (Å²) >= 11 is 0. The van der Waals surface area contributed by atoms with Crippen LogP contribution in [0.1, 0.15) is 38.8 Å². The topological polar surface area (TPSA) is 40.5 Å². The van der Waals surface area contributed by atoms with Crippen molar-refractivity contribution in [2.45, 2.75) is 38.9 Å². The van der Waals surface area contributed by atoms with Gasteiger partial charge in [-0.2, -0.15) is 0 Å². The summed E-state index contributed by atoms with van der Waals surface area (Å²) in [6.07, 6.45) is 0. The van der Waals surface area contributed by atoms with Crippen LogP contribution >= 0.6 is 0 Å². The van der Waals surface area contributed by atoms with Gasteiger partial charge in [0.25, 0.3) is 0 Å². The van der Waals surface area contributed by atoms with E-state index in [4.69, 9.17) is 0 Å². The summed E-state index contributed by atoms with van der Waals surface area (Å²) in [6, 6.07) is 8.19. The second kappa shape index (κ2) is 3.37. The lowest BCUT2D eigenvalue weighted by molar-refractivity contribution is 0.0718. The van der Waals surface area contributed by atoms with Crippen LogP contribution in [0, 0.1) is 6.07 Å². The number of aliphatic hydroxyl groups is 2. The third-order valence-corrected chi connectivity index (χ3v) is 2.20. The lowest BCUT2D eigenvalue weighted by Crippen LogP contribution is -2.19. The zero-order valence-electron chi connectivity index (χ0n) is 9.13. The van der Waals surface area contributed by atoms with Crippen LogP contribution in [0.25, 0.3) is 0 Å². The average Bonchev–Trinajstić information content (AvgIpc) is 2.01. The maximum atomic E-state index is 9.78. The van der Waals surface area contributed by atoms with Crippen LogP contribution < -0.4 is 0 Å². The first-order valence-corrected chi connectivity index (χ1v) is 4.68. The largest absolute Gasteiger partial charge is 0.386 e. The van der Waals surface area contributed by atoms with Gasteiger partial charge in [0.2, 0.25) is 0 Å². The first-order chi connectivity index (χ1) is 6.21. The van der Waals surface area contributed by atoms with Crippen LogP contribution in [0.3, 0.4) is 0 Å². The molecule has 0 unspecified atom stereocenters. The molecule has 14 heavy (non-hydrogen) atoms. The van der Waals surface area contributed by atoms with Crippen molar-refractivity contribution in [3.63, 3.8) is 0 Å². The highest BCUT2D eigenvalue weighted by atomic mass is 16.3. The molecular formula is C12H17O2. The molecule has 0 aliphatic carbocycles. The van der Waals surface area contributed by atoms with Gasteiger partial charge in [-0.15, -0.1) is 0 Å². The number of benzene rings is 1. The van der Waals surface area contributed by atoms with Crippen LogP contribution in [0.15, 0.2) is 18.2 Å². The molecule has 1 aromatic carbocycles. The minimum absolute atomic E-state index is 0.761. The molecule has 0 bridgehead atoms. The van der Waals surface area contributed by atoms with Crippen molar-refractivity contribution in [2.75, 3.05) is 0 Å². The molecule has 0 aliphatic heterocycles. The predicted octanol–water partition coefficient (Wildman–Crippen LogP) is 1.94. The monoisotopic (exact) mass is 193 g/mol. The van der Waals surface area contributed by atoms with Gasteiger partial charge in [0.15, 0.2) is 0 Å². The molecule has 0 amide bonds. The van der Waals surface area contributed by atoms with Gasteiger partial charge in [-0.1, -0.05) is 6.07 Å². The number of rotatable bonds is 2. The molecule has 0 heterocycles. The second-order valence-corrected chi connectivity index (χ2v) is 4.63. The van der Waals surface area contributed by atoms with E-state index in [1.165, 1.54) is 0 Å². The Morgan fingerprint density at radius 2 is 1.29 bits per heavy atom. The molecule has 1 aromatic rings. The van der Waals surface area contributed by atoms with Crippen LogP contribution in [0.2, 0.25) is 0 Å². The van der Waals surface area contributed by atoms with E-state index in [1.54, 1.807) is 45.9 Å². The summed E-state index contributed by atoms with van der Waals surface area (Å²) < 4.78 is 0. The molecule has 1 rings (SSSR count). The zero-order valence-corrected chi connectivity index (χ0v) is 9.13. The van der Waals surface area contributed by atoms with Crippen LogP contribution in [-0.4, -0.2) is 10.2 Å². The fourth-order valence-corrected chi connectivity index (χ4v) is 1.18. The standard InChI is InChI=1S/C12H17O2/c1-11(2,13)9-6-5-7-10(8-9)12(3,4)14/h6-8,13-14H,1-4H3. The highest BCUT2D eigenvalue weighted by molar-refractivity contribution is 5.29. The summed E-state index contributed by atoms with van der Waals surface area (Å²) in [7, 11) is 0. The Kier molecular flexibility index (Phi) is 2.70. The van der Waals surface area contributed by atoms with Crippen molar-refractivity contribution in [2.24, 2.45) is 0 Å². The summed E-state index contributed by atoms with van der Waals surface area (Å²) in [6.45, 7) is 6.85. The van der Waals surface area contributed by atoms with Crippen LogP contribution in [0.4, 0.5) is 0 Å². The van der Waals surface area contributed by atoms with Crippen LogP contribution in [-0.2, 0) is 11.2 Å². The minimum atomic E-state index is -0.891. The second-order valence-electron chi connectivity index (χ2n) is 4.63. The molecule has 0 fully saturated rings. The smallest absolute Gasteiger partial charge is 0.0840 e. The fourth-order valence-electron chi connectivity index (χ4n) is 1.18. The van der Waals surface area contributed by atoms with E-state index >= 15 is 0 Å². The first kappa shape index (κ1) is 11.2. The van der Waals surface area contributed by atoms with Crippen molar-refractivity contribution < 1.29 is 10.2 Å². The van der Waals surface area contributed by atoms with Gasteiger partial charge >= 0.3 is 0 Å². The van der Waals surface area contributed by atoms with Crippen molar-refractivity contribution in [1.29, 1.82) is 0 Å². The predicted molar refractivity (Wildman–Crippen MR) is 55.8 cm³/mol. The van der Waals surface area contributed by atoms with E-state index in [0.717, 1.165) is 11.1 Å². The van der Waals surface area contributed by atoms with Gasteiger partial charge in [-0.25, -0.2) is 0 Å². The Morgan fingerprint density at radius 3 is 1.57 bits per heavy atom. The van der Waals surface area contributed by atoms with Crippen molar-refractivity contribution >= 4 is 0 Å². The van der Waals surface area contributed by atoms with E-state index in [0.29, 0.717) is 0 Å². The molecule has 0 saturated heterocycles. The average molecular weight is 193 g/mol. The van der Waals surface area contributed by atoms with E-state index in [9.17, 15) is 10.2 Å². The molecular weight excluding hydrogens is 176 g/mol. The summed E-state index contributed by atoms with van der Waals surface area (Å²) in [4.78, 5) is 0. The summed E-state index contributed by atoms with van der Waals surface area (Å²) in [5, 5.41) is 19.6. The lowest BCUT2D eigenvalue weighted by atomic mass is 9.91. The van der Waals surface area contributed by atoms with Gasteiger partial charge < -0.3 is 10.2 Å². The third-order valence-electron chi connectivity index (χ3n) is 2.20. The lowest BCUT2D eigenvalue weighted by Gasteiger charge is -2.22. The quantitative estimate of drug-likeness (QED) is 0.753. The minimum Gasteiger partial charge on any atom is -0.386 e. The number of hydrogen-bond acceptors (Lipinski definition) is 2. The van der Waals surface area contributed by atoms with Crippen LogP contribution in [0.5, 0.6) is 0 Å².